The molecule has 0 atom stereocenters. The maximum absolute atomic E-state index is 11.1. The molecule has 0 spiro atoms. The molecule has 16 heavy (non-hydrogen) atoms. The average Bonchev–Trinajstić information content (AvgIpc) is 2.35. The Morgan fingerprint density at radius 2 is 1.88 bits per heavy atom. The molecule has 0 aromatic heterocycles. The summed E-state index contributed by atoms with van der Waals surface area (Å²) in [5.41, 5.74) is 1.41. The number of hydrogen-bond acceptors (Lipinski definition) is 3. The largest absolute Gasteiger partial charge is 0.465 e. The van der Waals surface area contributed by atoms with Crippen LogP contribution >= 0.6 is 0 Å². The van der Waals surface area contributed by atoms with Crippen molar-refractivity contribution in [1.82, 2.24) is 10.6 Å². The summed E-state index contributed by atoms with van der Waals surface area (Å²) in [4.78, 5) is 22.0. The second-order valence-electron chi connectivity index (χ2n) is 3.12. The van der Waals surface area contributed by atoms with E-state index < -0.39 is 0 Å². The molecule has 5 heteroatoms. The Balaban J connectivity index is 2.58. The molecule has 1 aromatic rings. The zero-order valence-corrected chi connectivity index (χ0v) is 9.24. The topological polar surface area (TPSA) is 67.4 Å². The van der Waals surface area contributed by atoms with Crippen molar-refractivity contribution < 1.29 is 14.3 Å². The van der Waals surface area contributed by atoms with Crippen LogP contribution in [0.1, 0.15) is 15.9 Å². The minimum Gasteiger partial charge on any atom is -0.465 e. The minimum absolute atomic E-state index is 0.239. The van der Waals surface area contributed by atoms with Gasteiger partial charge in [-0.1, -0.05) is 12.1 Å². The molecule has 0 saturated carbocycles. The molecule has 2 amide bonds. The normalized spacial score (nSPS) is 9.38. The maximum Gasteiger partial charge on any atom is 0.337 e. The predicted molar refractivity (Wildman–Crippen MR) is 59.1 cm³/mol. The Bertz CT molecular complexity index is 373. The molecule has 0 heterocycles. The Morgan fingerprint density at radius 1 is 1.25 bits per heavy atom. The van der Waals surface area contributed by atoms with Crippen LogP contribution in [-0.4, -0.2) is 26.2 Å². The monoisotopic (exact) mass is 222 g/mol. The van der Waals surface area contributed by atoms with E-state index in [0.29, 0.717) is 12.1 Å². The number of methoxy groups -OCH3 is 1. The smallest absolute Gasteiger partial charge is 0.337 e. The fourth-order valence-corrected chi connectivity index (χ4v) is 1.15. The van der Waals surface area contributed by atoms with Gasteiger partial charge in [0, 0.05) is 13.6 Å². The number of amides is 2. The van der Waals surface area contributed by atoms with Gasteiger partial charge >= 0.3 is 12.0 Å². The summed E-state index contributed by atoms with van der Waals surface area (Å²) < 4.78 is 4.57. The van der Waals surface area contributed by atoms with E-state index >= 15 is 0 Å². The van der Waals surface area contributed by atoms with E-state index in [9.17, 15) is 9.59 Å². The summed E-state index contributed by atoms with van der Waals surface area (Å²) in [6.45, 7) is 0.418. The van der Waals surface area contributed by atoms with Crippen LogP contribution in [0.4, 0.5) is 4.79 Å². The number of carbonyl (C=O) groups excluding carboxylic acids is 2. The second kappa shape index (κ2) is 5.75. The van der Waals surface area contributed by atoms with Gasteiger partial charge in [0.05, 0.1) is 12.7 Å². The fraction of sp³-hybridized carbons (Fsp3) is 0.273. The van der Waals surface area contributed by atoms with Gasteiger partial charge in [0.1, 0.15) is 0 Å². The Hall–Kier alpha value is -2.04. The predicted octanol–water partition coefficient (Wildman–Crippen LogP) is 0.902. The van der Waals surface area contributed by atoms with E-state index in [1.165, 1.54) is 7.11 Å². The Kier molecular flexibility index (Phi) is 4.32. The summed E-state index contributed by atoms with van der Waals surface area (Å²) in [6, 6.07) is 6.61. The number of hydrogen-bond donors (Lipinski definition) is 2. The zero-order chi connectivity index (χ0) is 12.0. The van der Waals surface area contributed by atoms with Crippen molar-refractivity contribution in [2.45, 2.75) is 6.54 Å². The molecule has 0 aliphatic carbocycles. The van der Waals surface area contributed by atoms with E-state index in [-0.39, 0.29) is 12.0 Å². The van der Waals surface area contributed by atoms with E-state index in [2.05, 4.69) is 15.4 Å². The van der Waals surface area contributed by atoms with Crippen LogP contribution in [0.3, 0.4) is 0 Å². The standard InChI is InChI=1S/C11H14N2O3/c1-12-11(15)13-7-8-3-5-9(6-4-8)10(14)16-2/h3-6H,7H2,1-2H3,(H2,12,13,15). The number of benzene rings is 1. The van der Waals surface area contributed by atoms with Gasteiger partial charge in [0.15, 0.2) is 0 Å². The third-order valence-electron chi connectivity index (χ3n) is 2.06. The molecule has 0 unspecified atom stereocenters. The van der Waals surface area contributed by atoms with E-state index in [0.717, 1.165) is 5.56 Å². The first-order valence-corrected chi connectivity index (χ1v) is 4.80. The third kappa shape index (κ3) is 3.27. The van der Waals surface area contributed by atoms with Crippen LogP contribution in [0.25, 0.3) is 0 Å². The first-order valence-electron chi connectivity index (χ1n) is 4.80. The molecule has 5 nitrogen and oxygen atoms in total. The highest BCUT2D eigenvalue weighted by atomic mass is 16.5. The third-order valence-corrected chi connectivity index (χ3v) is 2.06. The van der Waals surface area contributed by atoms with Crippen molar-refractivity contribution in [2.24, 2.45) is 0 Å². The second-order valence-corrected chi connectivity index (χ2v) is 3.12. The van der Waals surface area contributed by atoms with Gasteiger partial charge in [0.25, 0.3) is 0 Å². The number of esters is 1. The van der Waals surface area contributed by atoms with Gasteiger partial charge in [-0.25, -0.2) is 9.59 Å². The van der Waals surface area contributed by atoms with Crippen molar-refractivity contribution >= 4 is 12.0 Å². The van der Waals surface area contributed by atoms with Gasteiger partial charge in [-0.2, -0.15) is 0 Å². The molecule has 0 aliphatic rings. The number of ether oxygens (including phenoxy) is 1. The van der Waals surface area contributed by atoms with Gasteiger partial charge in [0.2, 0.25) is 0 Å². The highest BCUT2D eigenvalue weighted by Crippen LogP contribution is 2.05. The lowest BCUT2D eigenvalue weighted by atomic mass is 10.1. The van der Waals surface area contributed by atoms with Crippen molar-refractivity contribution in [2.75, 3.05) is 14.2 Å². The first kappa shape index (κ1) is 12.0. The SMILES string of the molecule is CNC(=O)NCc1ccc(C(=O)OC)cc1. The quantitative estimate of drug-likeness (QED) is 0.747. The lowest BCUT2D eigenvalue weighted by Gasteiger charge is -2.05. The lowest BCUT2D eigenvalue weighted by Crippen LogP contribution is -2.32. The summed E-state index contributed by atoms with van der Waals surface area (Å²) in [5.74, 6) is -0.370. The van der Waals surface area contributed by atoms with Crippen LogP contribution in [0.15, 0.2) is 24.3 Å². The van der Waals surface area contributed by atoms with Gasteiger partial charge in [-0.3, -0.25) is 0 Å². The number of rotatable bonds is 3. The molecular formula is C11H14N2O3. The summed E-state index contributed by atoms with van der Waals surface area (Å²) in [5, 5.41) is 5.09. The van der Waals surface area contributed by atoms with Crippen LogP contribution in [0.5, 0.6) is 0 Å². The van der Waals surface area contributed by atoms with Crippen molar-refractivity contribution in [3.63, 3.8) is 0 Å². The first-order chi connectivity index (χ1) is 7.67. The van der Waals surface area contributed by atoms with Gasteiger partial charge < -0.3 is 15.4 Å². The molecule has 0 saturated heterocycles. The van der Waals surface area contributed by atoms with E-state index in [1.807, 2.05) is 0 Å². The molecule has 0 radical (unpaired) electrons. The van der Waals surface area contributed by atoms with Crippen molar-refractivity contribution in [1.29, 1.82) is 0 Å². The average molecular weight is 222 g/mol. The number of urea groups is 1. The van der Waals surface area contributed by atoms with E-state index in [1.54, 1.807) is 31.3 Å². The highest BCUT2D eigenvalue weighted by Gasteiger charge is 2.04. The molecule has 2 N–H and O–H groups in total. The molecule has 1 rings (SSSR count). The van der Waals surface area contributed by atoms with Gasteiger partial charge in [-0.15, -0.1) is 0 Å². The molecular weight excluding hydrogens is 208 g/mol. The summed E-state index contributed by atoms with van der Waals surface area (Å²) in [6.07, 6.45) is 0. The summed E-state index contributed by atoms with van der Waals surface area (Å²) in [7, 11) is 2.89. The fourth-order valence-electron chi connectivity index (χ4n) is 1.15. The van der Waals surface area contributed by atoms with Crippen LogP contribution in [0, 0.1) is 0 Å². The minimum atomic E-state index is -0.370. The molecule has 86 valence electrons. The van der Waals surface area contributed by atoms with Crippen molar-refractivity contribution in [3.05, 3.63) is 35.4 Å². The van der Waals surface area contributed by atoms with E-state index in [4.69, 9.17) is 0 Å². The molecule has 0 bridgehead atoms. The Morgan fingerprint density at radius 3 is 2.38 bits per heavy atom. The highest BCUT2D eigenvalue weighted by molar-refractivity contribution is 5.89. The molecule has 0 aliphatic heterocycles. The van der Waals surface area contributed by atoms with Crippen LogP contribution in [0.2, 0.25) is 0 Å². The van der Waals surface area contributed by atoms with Crippen molar-refractivity contribution in [3.8, 4) is 0 Å². The van der Waals surface area contributed by atoms with Crippen LogP contribution < -0.4 is 10.6 Å². The lowest BCUT2D eigenvalue weighted by molar-refractivity contribution is 0.0600. The maximum atomic E-state index is 11.1. The van der Waals surface area contributed by atoms with Gasteiger partial charge in [-0.05, 0) is 17.7 Å². The number of carbonyl (C=O) groups is 2. The zero-order valence-electron chi connectivity index (χ0n) is 9.24. The summed E-state index contributed by atoms with van der Waals surface area (Å²) >= 11 is 0. The number of nitrogens with one attached hydrogen (secondary N) is 2. The Labute approximate surface area is 93.8 Å². The molecule has 0 fully saturated rings. The molecule has 1 aromatic carbocycles. The van der Waals surface area contributed by atoms with Crippen LogP contribution in [-0.2, 0) is 11.3 Å².